The maximum atomic E-state index is 12.5. The number of carbonyl (C=O) groups excluding carboxylic acids is 1. The lowest BCUT2D eigenvalue weighted by atomic mass is 10.2. The average Bonchev–Trinajstić information content (AvgIpc) is 2.49. The highest BCUT2D eigenvalue weighted by Gasteiger charge is 2.15. The molecule has 0 saturated carbocycles. The predicted molar refractivity (Wildman–Crippen MR) is 91.0 cm³/mol. The van der Waals surface area contributed by atoms with Gasteiger partial charge in [0.1, 0.15) is 6.54 Å². The molecule has 0 aliphatic carbocycles. The Bertz CT molecular complexity index is 852. The van der Waals surface area contributed by atoms with Gasteiger partial charge in [0.15, 0.2) is 0 Å². The SMILES string of the molecule is CCn1c(=O)c2ccc(Cl)cc2n(CC(=O)NCC(C)C)c1=O. The van der Waals surface area contributed by atoms with Crippen molar-refractivity contribution >= 4 is 28.4 Å². The molecule has 0 unspecified atom stereocenters. The van der Waals surface area contributed by atoms with E-state index in [2.05, 4.69) is 5.32 Å². The number of amides is 1. The van der Waals surface area contributed by atoms with Crippen LogP contribution in [0.1, 0.15) is 20.8 Å². The van der Waals surface area contributed by atoms with Gasteiger partial charge >= 0.3 is 5.69 Å². The van der Waals surface area contributed by atoms with Crippen LogP contribution in [0.4, 0.5) is 0 Å². The zero-order chi connectivity index (χ0) is 17.1. The first-order valence-electron chi connectivity index (χ1n) is 7.54. The zero-order valence-corrected chi connectivity index (χ0v) is 14.2. The molecule has 2 rings (SSSR count). The molecule has 1 amide bonds. The summed E-state index contributed by atoms with van der Waals surface area (Å²) in [6, 6.07) is 4.71. The molecule has 6 nitrogen and oxygen atoms in total. The lowest BCUT2D eigenvalue weighted by Gasteiger charge is -2.14. The van der Waals surface area contributed by atoms with Crippen molar-refractivity contribution in [3.8, 4) is 0 Å². The van der Waals surface area contributed by atoms with Gasteiger partial charge in [-0.3, -0.25) is 18.7 Å². The Kier molecular flexibility index (Phi) is 5.26. The summed E-state index contributed by atoms with van der Waals surface area (Å²) in [4.78, 5) is 37.0. The van der Waals surface area contributed by atoms with E-state index >= 15 is 0 Å². The Hall–Kier alpha value is -2.08. The summed E-state index contributed by atoms with van der Waals surface area (Å²) in [5.41, 5.74) is -0.508. The number of halogens is 1. The minimum absolute atomic E-state index is 0.150. The first kappa shape index (κ1) is 17.3. The molecule has 0 bridgehead atoms. The van der Waals surface area contributed by atoms with Crippen LogP contribution < -0.4 is 16.6 Å². The van der Waals surface area contributed by atoms with Gasteiger partial charge in [-0.15, -0.1) is 0 Å². The zero-order valence-electron chi connectivity index (χ0n) is 13.4. The molecule has 0 atom stereocenters. The molecule has 0 spiro atoms. The van der Waals surface area contributed by atoms with Crippen LogP contribution in [0, 0.1) is 5.92 Å². The highest BCUT2D eigenvalue weighted by atomic mass is 35.5. The molecule has 2 aromatic rings. The van der Waals surface area contributed by atoms with Crippen LogP contribution in [-0.4, -0.2) is 21.6 Å². The third-order valence-electron chi connectivity index (χ3n) is 3.51. The van der Waals surface area contributed by atoms with Crippen molar-refractivity contribution in [2.45, 2.75) is 33.9 Å². The molecule has 1 aromatic heterocycles. The Morgan fingerprint density at radius 1 is 1.26 bits per heavy atom. The third kappa shape index (κ3) is 3.64. The molecule has 1 heterocycles. The minimum Gasteiger partial charge on any atom is -0.354 e. The van der Waals surface area contributed by atoms with Crippen LogP contribution in [0.25, 0.3) is 10.9 Å². The molecular weight excluding hydrogens is 318 g/mol. The largest absolute Gasteiger partial charge is 0.354 e. The highest BCUT2D eigenvalue weighted by molar-refractivity contribution is 6.31. The topological polar surface area (TPSA) is 73.1 Å². The van der Waals surface area contributed by atoms with E-state index in [0.29, 0.717) is 28.4 Å². The van der Waals surface area contributed by atoms with Gasteiger partial charge in [0.25, 0.3) is 5.56 Å². The molecular formula is C16H20ClN3O3. The summed E-state index contributed by atoms with van der Waals surface area (Å²) in [7, 11) is 0. The van der Waals surface area contributed by atoms with Crippen molar-refractivity contribution in [3.05, 3.63) is 44.1 Å². The van der Waals surface area contributed by atoms with E-state index in [1.807, 2.05) is 13.8 Å². The number of hydrogen-bond donors (Lipinski definition) is 1. The number of hydrogen-bond acceptors (Lipinski definition) is 3. The van der Waals surface area contributed by atoms with Gasteiger partial charge in [-0.2, -0.15) is 0 Å². The van der Waals surface area contributed by atoms with E-state index in [1.54, 1.807) is 19.1 Å². The summed E-state index contributed by atoms with van der Waals surface area (Å²) >= 11 is 5.98. The second kappa shape index (κ2) is 7.00. The van der Waals surface area contributed by atoms with E-state index in [0.717, 1.165) is 4.57 Å². The second-order valence-electron chi connectivity index (χ2n) is 5.78. The quantitative estimate of drug-likeness (QED) is 0.900. The molecule has 1 N–H and O–H groups in total. The predicted octanol–water partition coefficient (Wildman–Crippen LogP) is 1.61. The molecule has 0 saturated heterocycles. The van der Waals surface area contributed by atoms with E-state index < -0.39 is 5.69 Å². The van der Waals surface area contributed by atoms with Crippen LogP contribution >= 0.6 is 11.6 Å². The monoisotopic (exact) mass is 337 g/mol. The van der Waals surface area contributed by atoms with Crippen LogP contribution in [0.15, 0.2) is 27.8 Å². The van der Waals surface area contributed by atoms with Gasteiger partial charge in [0.2, 0.25) is 5.91 Å². The van der Waals surface area contributed by atoms with Crippen LogP contribution in [0.2, 0.25) is 5.02 Å². The van der Waals surface area contributed by atoms with E-state index in [-0.39, 0.29) is 24.6 Å². The molecule has 124 valence electrons. The van der Waals surface area contributed by atoms with E-state index in [1.165, 1.54) is 10.6 Å². The smallest absolute Gasteiger partial charge is 0.331 e. The van der Waals surface area contributed by atoms with Gasteiger partial charge < -0.3 is 5.32 Å². The number of carbonyl (C=O) groups is 1. The Morgan fingerprint density at radius 3 is 2.57 bits per heavy atom. The molecule has 0 aliphatic heterocycles. The number of nitrogens with one attached hydrogen (secondary N) is 1. The summed E-state index contributed by atoms with van der Waals surface area (Å²) in [6.45, 7) is 6.30. The molecule has 7 heteroatoms. The number of benzene rings is 1. The van der Waals surface area contributed by atoms with Crippen LogP contribution in [0.3, 0.4) is 0 Å². The highest BCUT2D eigenvalue weighted by Crippen LogP contribution is 2.15. The fraction of sp³-hybridized carbons (Fsp3) is 0.438. The van der Waals surface area contributed by atoms with E-state index in [4.69, 9.17) is 11.6 Å². The normalized spacial score (nSPS) is 11.2. The number of aromatic nitrogens is 2. The van der Waals surface area contributed by atoms with Crippen LogP contribution in [0.5, 0.6) is 0 Å². The minimum atomic E-state index is -0.507. The van der Waals surface area contributed by atoms with Gasteiger partial charge in [0, 0.05) is 18.1 Å². The first-order chi connectivity index (χ1) is 10.8. The van der Waals surface area contributed by atoms with Crippen molar-refractivity contribution in [1.29, 1.82) is 0 Å². The third-order valence-corrected chi connectivity index (χ3v) is 3.75. The summed E-state index contributed by atoms with van der Waals surface area (Å²) in [6.07, 6.45) is 0. The van der Waals surface area contributed by atoms with Gasteiger partial charge in [-0.05, 0) is 31.0 Å². The molecule has 0 radical (unpaired) electrons. The first-order valence-corrected chi connectivity index (χ1v) is 7.92. The summed E-state index contributed by atoms with van der Waals surface area (Å²) in [5.74, 6) is 0.0369. The van der Waals surface area contributed by atoms with Crippen LogP contribution in [-0.2, 0) is 17.9 Å². The Morgan fingerprint density at radius 2 is 1.96 bits per heavy atom. The van der Waals surface area contributed by atoms with Crippen molar-refractivity contribution in [2.75, 3.05) is 6.54 Å². The number of rotatable bonds is 5. The standard InChI is InChI=1S/C16H20ClN3O3/c1-4-19-15(22)12-6-5-11(17)7-13(12)20(16(19)23)9-14(21)18-8-10(2)3/h5-7,10H,4,8-9H2,1-3H3,(H,18,21). The lowest BCUT2D eigenvalue weighted by Crippen LogP contribution is -2.42. The van der Waals surface area contributed by atoms with Gasteiger partial charge in [0.05, 0.1) is 10.9 Å². The average molecular weight is 338 g/mol. The van der Waals surface area contributed by atoms with Crippen molar-refractivity contribution < 1.29 is 4.79 Å². The Balaban J connectivity index is 2.57. The molecule has 1 aromatic carbocycles. The molecule has 23 heavy (non-hydrogen) atoms. The lowest BCUT2D eigenvalue weighted by molar-refractivity contribution is -0.121. The fourth-order valence-electron chi connectivity index (χ4n) is 2.34. The van der Waals surface area contributed by atoms with Crippen molar-refractivity contribution in [1.82, 2.24) is 14.5 Å². The van der Waals surface area contributed by atoms with Gasteiger partial charge in [-0.1, -0.05) is 25.4 Å². The number of fused-ring (bicyclic) bond motifs is 1. The van der Waals surface area contributed by atoms with Crippen molar-refractivity contribution in [2.24, 2.45) is 5.92 Å². The van der Waals surface area contributed by atoms with Crippen molar-refractivity contribution in [3.63, 3.8) is 0 Å². The summed E-state index contributed by atoms with van der Waals surface area (Å²) in [5, 5.41) is 3.54. The molecule has 0 aliphatic rings. The maximum absolute atomic E-state index is 12.5. The fourth-order valence-corrected chi connectivity index (χ4v) is 2.51. The summed E-state index contributed by atoms with van der Waals surface area (Å²) < 4.78 is 2.41. The maximum Gasteiger partial charge on any atom is 0.331 e. The second-order valence-corrected chi connectivity index (χ2v) is 6.21. The number of nitrogens with zero attached hydrogens (tertiary/aromatic N) is 2. The van der Waals surface area contributed by atoms with Gasteiger partial charge in [-0.25, -0.2) is 4.79 Å². The van der Waals surface area contributed by atoms with E-state index in [9.17, 15) is 14.4 Å². The Labute approximate surface area is 138 Å². The molecule has 0 fully saturated rings.